The lowest BCUT2D eigenvalue weighted by Gasteiger charge is -2.20. The molecule has 21 heavy (non-hydrogen) atoms. The van der Waals surface area contributed by atoms with Gasteiger partial charge in [-0.3, -0.25) is 0 Å². The molecule has 0 atom stereocenters. The summed E-state index contributed by atoms with van der Waals surface area (Å²) in [6, 6.07) is 0. The third-order valence-electron chi connectivity index (χ3n) is 3.14. The van der Waals surface area contributed by atoms with Gasteiger partial charge in [-0.15, -0.1) is 0 Å². The molecule has 0 saturated carbocycles. The molecule has 1 aromatic heterocycles. The molecule has 0 aliphatic carbocycles. The number of rotatable bonds is 8. The van der Waals surface area contributed by atoms with Gasteiger partial charge >= 0.3 is 0 Å². The topological polar surface area (TPSA) is 73.1 Å². The summed E-state index contributed by atoms with van der Waals surface area (Å²) in [5.41, 5.74) is 6.52. The van der Waals surface area contributed by atoms with E-state index >= 15 is 0 Å². The van der Waals surface area contributed by atoms with E-state index in [1.165, 1.54) is 0 Å². The smallest absolute Gasteiger partial charge is 0.242 e. The first-order chi connectivity index (χ1) is 9.90. The number of ether oxygens (including phenoxy) is 1. The lowest BCUT2D eigenvalue weighted by Crippen LogP contribution is -2.20. The van der Waals surface area contributed by atoms with E-state index in [2.05, 4.69) is 49.9 Å². The maximum atomic E-state index is 6.15. The third kappa shape index (κ3) is 5.40. The van der Waals surface area contributed by atoms with Crippen molar-refractivity contribution >= 4 is 11.5 Å². The van der Waals surface area contributed by atoms with Crippen LogP contribution < -0.4 is 15.8 Å². The van der Waals surface area contributed by atoms with Gasteiger partial charge in [-0.2, -0.15) is 4.98 Å². The van der Waals surface area contributed by atoms with Crippen molar-refractivity contribution < 1.29 is 4.74 Å². The fourth-order valence-electron chi connectivity index (χ4n) is 1.73. The standard InChI is InChI=1S/C16H30N4O/c1-6-8-10-18-13-12(17)14(21-11-9-7-2)20-15(19-13)16(3,4)5/h6-11,17H2,1-5H3,(H,18,19,20). The normalized spacial score (nSPS) is 11.5. The van der Waals surface area contributed by atoms with E-state index in [4.69, 9.17) is 10.5 Å². The third-order valence-corrected chi connectivity index (χ3v) is 3.14. The Kier molecular flexibility index (Phi) is 6.72. The molecule has 1 heterocycles. The van der Waals surface area contributed by atoms with Crippen LogP contribution in [0.25, 0.3) is 0 Å². The Hall–Kier alpha value is -1.52. The number of nitrogens with two attached hydrogens (primary N) is 1. The van der Waals surface area contributed by atoms with Crippen molar-refractivity contribution in [1.29, 1.82) is 0 Å². The molecule has 1 aromatic rings. The monoisotopic (exact) mass is 294 g/mol. The van der Waals surface area contributed by atoms with Gasteiger partial charge in [0.25, 0.3) is 0 Å². The maximum absolute atomic E-state index is 6.15. The van der Waals surface area contributed by atoms with E-state index in [0.29, 0.717) is 24.0 Å². The Morgan fingerprint density at radius 3 is 2.33 bits per heavy atom. The van der Waals surface area contributed by atoms with Crippen LogP contribution in [0.2, 0.25) is 0 Å². The van der Waals surface area contributed by atoms with Gasteiger partial charge < -0.3 is 15.8 Å². The Bertz CT molecular complexity index is 409. The van der Waals surface area contributed by atoms with Gasteiger partial charge in [0.2, 0.25) is 5.88 Å². The molecule has 0 radical (unpaired) electrons. The molecule has 120 valence electrons. The van der Waals surface area contributed by atoms with Crippen LogP contribution in [0.15, 0.2) is 0 Å². The molecule has 0 saturated heterocycles. The Morgan fingerprint density at radius 2 is 1.76 bits per heavy atom. The quantitative estimate of drug-likeness (QED) is 0.714. The van der Waals surface area contributed by atoms with Gasteiger partial charge in [-0.25, -0.2) is 4.98 Å². The van der Waals surface area contributed by atoms with Gasteiger partial charge in [0.15, 0.2) is 5.82 Å². The largest absolute Gasteiger partial charge is 0.476 e. The minimum Gasteiger partial charge on any atom is -0.476 e. The average Bonchev–Trinajstić information content (AvgIpc) is 2.41. The van der Waals surface area contributed by atoms with Crippen molar-refractivity contribution in [3.63, 3.8) is 0 Å². The molecular weight excluding hydrogens is 264 g/mol. The molecule has 0 amide bonds. The summed E-state index contributed by atoms with van der Waals surface area (Å²) in [6.45, 7) is 12.0. The number of hydrogen-bond acceptors (Lipinski definition) is 5. The van der Waals surface area contributed by atoms with Crippen LogP contribution in [0.3, 0.4) is 0 Å². The first kappa shape index (κ1) is 17.5. The van der Waals surface area contributed by atoms with Crippen molar-refractivity contribution in [3.8, 4) is 5.88 Å². The molecule has 0 bridgehead atoms. The molecule has 0 aromatic carbocycles. The second-order valence-electron chi connectivity index (χ2n) is 6.35. The molecule has 0 fully saturated rings. The zero-order chi connectivity index (χ0) is 15.9. The fourth-order valence-corrected chi connectivity index (χ4v) is 1.73. The van der Waals surface area contributed by atoms with Crippen LogP contribution in [-0.4, -0.2) is 23.1 Å². The number of nitrogen functional groups attached to an aromatic ring is 1. The molecule has 1 rings (SSSR count). The van der Waals surface area contributed by atoms with Gasteiger partial charge in [0.05, 0.1) is 6.61 Å². The molecule has 3 N–H and O–H groups in total. The number of anilines is 2. The molecular formula is C16H30N4O. The number of hydrogen-bond donors (Lipinski definition) is 2. The molecule has 0 aliphatic heterocycles. The highest BCUT2D eigenvalue weighted by molar-refractivity contribution is 5.67. The Labute approximate surface area is 128 Å². The molecule has 0 aliphatic rings. The second-order valence-corrected chi connectivity index (χ2v) is 6.35. The first-order valence-electron chi connectivity index (χ1n) is 7.94. The predicted octanol–water partition coefficient (Wildman–Crippen LogP) is 3.75. The van der Waals surface area contributed by atoms with Gasteiger partial charge in [-0.1, -0.05) is 47.5 Å². The second kappa shape index (κ2) is 8.05. The molecule has 0 spiro atoms. The van der Waals surface area contributed by atoms with Crippen LogP contribution in [-0.2, 0) is 5.41 Å². The zero-order valence-electron chi connectivity index (χ0n) is 14.1. The minimum absolute atomic E-state index is 0.141. The summed E-state index contributed by atoms with van der Waals surface area (Å²) in [5, 5.41) is 3.30. The van der Waals surface area contributed by atoms with Crippen molar-refractivity contribution in [2.45, 2.75) is 65.7 Å². The van der Waals surface area contributed by atoms with E-state index in [1.807, 2.05) is 0 Å². The summed E-state index contributed by atoms with van der Waals surface area (Å²) < 4.78 is 5.74. The van der Waals surface area contributed by atoms with Crippen LogP contribution in [0, 0.1) is 0 Å². The van der Waals surface area contributed by atoms with E-state index in [0.717, 1.165) is 38.1 Å². The summed E-state index contributed by atoms with van der Waals surface area (Å²) in [5.74, 6) is 1.94. The summed E-state index contributed by atoms with van der Waals surface area (Å²) in [4.78, 5) is 9.08. The van der Waals surface area contributed by atoms with Crippen LogP contribution in [0.4, 0.5) is 11.5 Å². The predicted molar refractivity (Wildman–Crippen MR) is 88.9 cm³/mol. The number of aromatic nitrogens is 2. The Morgan fingerprint density at radius 1 is 1.10 bits per heavy atom. The highest BCUT2D eigenvalue weighted by atomic mass is 16.5. The SMILES string of the molecule is CCCCNc1nc(C(C)(C)C)nc(OCCCC)c1N. The van der Waals surface area contributed by atoms with Crippen LogP contribution >= 0.6 is 0 Å². The summed E-state index contributed by atoms with van der Waals surface area (Å²) >= 11 is 0. The number of nitrogens with one attached hydrogen (secondary N) is 1. The first-order valence-corrected chi connectivity index (χ1v) is 7.94. The van der Waals surface area contributed by atoms with Crippen LogP contribution in [0.5, 0.6) is 5.88 Å². The lowest BCUT2D eigenvalue weighted by molar-refractivity contribution is 0.296. The van der Waals surface area contributed by atoms with Crippen molar-refractivity contribution in [1.82, 2.24) is 9.97 Å². The Balaban J connectivity index is 3.01. The molecule has 5 nitrogen and oxygen atoms in total. The number of unbranched alkanes of at least 4 members (excludes halogenated alkanes) is 2. The summed E-state index contributed by atoms with van der Waals surface area (Å²) in [6.07, 6.45) is 4.29. The molecule has 0 unspecified atom stereocenters. The minimum atomic E-state index is -0.141. The average molecular weight is 294 g/mol. The maximum Gasteiger partial charge on any atom is 0.242 e. The highest BCUT2D eigenvalue weighted by Gasteiger charge is 2.22. The van der Waals surface area contributed by atoms with E-state index in [9.17, 15) is 0 Å². The zero-order valence-corrected chi connectivity index (χ0v) is 14.1. The van der Waals surface area contributed by atoms with Gasteiger partial charge in [0, 0.05) is 12.0 Å². The van der Waals surface area contributed by atoms with Crippen molar-refractivity contribution in [2.24, 2.45) is 0 Å². The van der Waals surface area contributed by atoms with E-state index in [1.54, 1.807) is 0 Å². The van der Waals surface area contributed by atoms with Crippen LogP contribution in [0.1, 0.15) is 66.1 Å². The van der Waals surface area contributed by atoms with Crippen molar-refractivity contribution in [3.05, 3.63) is 5.82 Å². The van der Waals surface area contributed by atoms with Gasteiger partial charge in [-0.05, 0) is 12.8 Å². The van der Waals surface area contributed by atoms with E-state index in [-0.39, 0.29) is 5.41 Å². The lowest BCUT2D eigenvalue weighted by atomic mass is 9.96. The highest BCUT2D eigenvalue weighted by Crippen LogP contribution is 2.30. The molecule has 5 heteroatoms. The number of nitrogens with zero attached hydrogens (tertiary/aromatic N) is 2. The summed E-state index contributed by atoms with van der Waals surface area (Å²) in [7, 11) is 0. The van der Waals surface area contributed by atoms with Gasteiger partial charge in [0.1, 0.15) is 11.5 Å². The fraction of sp³-hybridized carbons (Fsp3) is 0.750. The van der Waals surface area contributed by atoms with E-state index < -0.39 is 0 Å². The van der Waals surface area contributed by atoms with Crippen molar-refractivity contribution in [2.75, 3.05) is 24.2 Å².